The summed E-state index contributed by atoms with van der Waals surface area (Å²) in [7, 11) is 0. The van der Waals surface area contributed by atoms with Gasteiger partial charge >= 0.3 is 12.1 Å². The summed E-state index contributed by atoms with van der Waals surface area (Å²) in [5.74, 6) is -0.856. The third-order valence-electron chi connectivity index (χ3n) is 5.34. The molecule has 0 radical (unpaired) electrons. The Labute approximate surface area is 168 Å². The Bertz CT molecular complexity index is 541. The molecule has 1 atom stereocenters. The van der Waals surface area contributed by atoms with Crippen molar-refractivity contribution in [2.24, 2.45) is 5.92 Å². The molecular weight excluding hydrogens is 360 g/mol. The van der Waals surface area contributed by atoms with Crippen LogP contribution in [0.3, 0.4) is 0 Å². The minimum Gasteiger partial charge on any atom is -0.452 e. The number of likely N-dealkylation sites (tertiary alicyclic amines) is 1. The lowest BCUT2D eigenvalue weighted by Crippen LogP contribution is -2.45. The molecule has 1 heterocycles. The fourth-order valence-electron chi connectivity index (χ4n) is 3.69. The molecule has 0 spiro atoms. The summed E-state index contributed by atoms with van der Waals surface area (Å²) >= 11 is 0. The molecule has 160 valence electrons. The molecule has 0 aromatic heterocycles. The van der Waals surface area contributed by atoms with Crippen molar-refractivity contribution in [2.45, 2.75) is 96.8 Å². The summed E-state index contributed by atoms with van der Waals surface area (Å²) in [6, 6.07) is 0.188. The van der Waals surface area contributed by atoms with Gasteiger partial charge in [0.1, 0.15) is 5.60 Å². The van der Waals surface area contributed by atoms with E-state index in [1.165, 1.54) is 12.8 Å². The van der Waals surface area contributed by atoms with E-state index >= 15 is 0 Å². The highest BCUT2D eigenvalue weighted by atomic mass is 16.6. The number of carbonyl (C=O) groups excluding carboxylic acids is 3. The van der Waals surface area contributed by atoms with Crippen molar-refractivity contribution in [3.05, 3.63) is 0 Å². The summed E-state index contributed by atoms with van der Waals surface area (Å²) in [5, 5.41) is 3.03. The van der Waals surface area contributed by atoms with E-state index < -0.39 is 11.7 Å². The van der Waals surface area contributed by atoms with Crippen molar-refractivity contribution in [3.8, 4) is 0 Å². The lowest BCUT2D eigenvalue weighted by atomic mass is 9.97. The van der Waals surface area contributed by atoms with E-state index in [1.54, 1.807) is 11.8 Å². The molecule has 1 N–H and O–H groups in total. The Hall–Kier alpha value is -1.79. The lowest BCUT2D eigenvalue weighted by molar-refractivity contribution is -0.160. The number of nitrogens with zero attached hydrogens (tertiary/aromatic N) is 1. The van der Waals surface area contributed by atoms with Crippen molar-refractivity contribution in [1.82, 2.24) is 10.2 Å². The van der Waals surface area contributed by atoms with Crippen LogP contribution in [0.1, 0.15) is 79.1 Å². The first-order chi connectivity index (χ1) is 13.2. The highest BCUT2D eigenvalue weighted by molar-refractivity contribution is 5.84. The van der Waals surface area contributed by atoms with Crippen molar-refractivity contribution < 1.29 is 23.9 Å². The van der Waals surface area contributed by atoms with Crippen molar-refractivity contribution in [3.63, 3.8) is 0 Å². The predicted octanol–water partition coefficient (Wildman–Crippen LogP) is 3.40. The maximum atomic E-state index is 12.4. The van der Waals surface area contributed by atoms with Crippen LogP contribution in [-0.2, 0) is 19.1 Å². The maximum Gasteiger partial charge on any atom is 0.410 e. The molecule has 2 aliphatic rings. The smallest absolute Gasteiger partial charge is 0.410 e. The van der Waals surface area contributed by atoms with Gasteiger partial charge in [0, 0.05) is 19.1 Å². The highest BCUT2D eigenvalue weighted by Gasteiger charge is 2.32. The number of ether oxygens (including phenoxy) is 2. The summed E-state index contributed by atoms with van der Waals surface area (Å²) in [6.07, 6.45) is 6.60. The van der Waals surface area contributed by atoms with Crippen LogP contribution in [0.15, 0.2) is 0 Å². The normalized spacial score (nSPS) is 20.8. The van der Waals surface area contributed by atoms with E-state index in [9.17, 15) is 14.4 Å². The molecule has 2 rings (SSSR count). The molecule has 1 aliphatic heterocycles. The number of piperidine rings is 1. The SMILES string of the molecule is C[C@H](OC(=O)C1CCN(C(=O)OC(C)(C)C)CC1)C(=O)NC1CCCCCC1. The zero-order valence-electron chi connectivity index (χ0n) is 17.8. The molecule has 1 aliphatic carbocycles. The van der Waals surface area contributed by atoms with Gasteiger partial charge in [-0.1, -0.05) is 25.7 Å². The zero-order chi connectivity index (χ0) is 20.7. The number of nitrogens with one attached hydrogen (secondary N) is 1. The standard InChI is InChI=1S/C21H36N2O5/c1-15(18(24)22-17-9-7-5-6-8-10-17)27-19(25)16-11-13-23(14-12-16)20(26)28-21(2,3)4/h15-17H,5-14H2,1-4H3,(H,22,24)/t15-/m0/s1. The first kappa shape index (κ1) is 22.5. The van der Waals surface area contributed by atoms with Gasteiger partial charge in [-0.25, -0.2) is 4.79 Å². The molecule has 0 aromatic carbocycles. The Balaban J connectivity index is 1.74. The molecule has 7 nitrogen and oxygen atoms in total. The van der Waals surface area contributed by atoms with Crippen molar-refractivity contribution in [2.75, 3.05) is 13.1 Å². The molecule has 7 heteroatoms. The van der Waals surface area contributed by atoms with Crippen molar-refractivity contribution in [1.29, 1.82) is 0 Å². The minimum absolute atomic E-state index is 0.188. The first-order valence-electron chi connectivity index (χ1n) is 10.6. The summed E-state index contributed by atoms with van der Waals surface area (Å²) in [4.78, 5) is 38.5. The number of rotatable bonds is 4. The average molecular weight is 397 g/mol. The summed E-state index contributed by atoms with van der Waals surface area (Å²) in [5.41, 5.74) is -0.535. The van der Waals surface area contributed by atoms with Crippen molar-refractivity contribution >= 4 is 18.0 Å². The molecule has 28 heavy (non-hydrogen) atoms. The molecule has 1 saturated carbocycles. The summed E-state index contributed by atoms with van der Waals surface area (Å²) < 4.78 is 10.8. The van der Waals surface area contributed by atoms with Gasteiger partial charge in [-0.2, -0.15) is 0 Å². The van der Waals surface area contributed by atoms with E-state index in [-0.39, 0.29) is 29.9 Å². The topological polar surface area (TPSA) is 84.9 Å². The van der Waals surface area contributed by atoms with Gasteiger partial charge in [0.25, 0.3) is 5.91 Å². The fraction of sp³-hybridized carbons (Fsp3) is 0.857. The minimum atomic E-state index is -0.792. The van der Waals surface area contributed by atoms with E-state index in [2.05, 4.69) is 5.32 Å². The van der Waals surface area contributed by atoms with E-state index in [0.717, 1.165) is 25.7 Å². The van der Waals surface area contributed by atoms with Crippen LogP contribution in [0.5, 0.6) is 0 Å². The van der Waals surface area contributed by atoms with E-state index in [4.69, 9.17) is 9.47 Å². The second kappa shape index (κ2) is 10.1. The largest absolute Gasteiger partial charge is 0.452 e. The molecule has 2 amide bonds. The predicted molar refractivity (Wildman–Crippen MR) is 106 cm³/mol. The third kappa shape index (κ3) is 7.32. The fourth-order valence-corrected chi connectivity index (χ4v) is 3.69. The van der Waals surface area contributed by atoms with Crippen LogP contribution in [0.25, 0.3) is 0 Å². The average Bonchev–Trinajstić information content (AvgIpc) is 2.89. The highest BCUT2D eigenvalue weighted by Crippen LogP contribution is 2.22. The number of hydrogen-bond donors (Lipinski definition) is 1. The Kier molecular flexibility index (Phi) is 8.13. The van der Waals surface area contributed by atoms with Gasteiger partial charge in [0.2, 0.25) is 0 Å². The van der Waals surface area contributed by atoms with Crippen LogP contribution in [0.4, 0.5) is 4.79 Å². The van der Waals surface area contributed by atoms with Gasteiger partial charge in [-0.3, -0.25) is 9.59 Å². The van der Waals surface area contributed by atoms with Crippen LogP contribution >= 0.6 is 0 Å². The maximum absolute atomic E-state index is 12.4. The molecule has 0 bridgehead atoms. The van der Waals surface area contributed by atoms with Crippen LogP contribution in [0.2, 0.25) is 0 Å². The number of hydrogen-bond acceptors (Lipinski definition) is 5. The number of carbonyl (C=O) groups is 3. The molecule has 2 fully saturated rings. The molecule has 0 unspecified atom stereocenters. The summed E-state index contributed by atoms with van der Waals surface area (Å²) in [6.45, 7) is 8.03. The molecular formula is C21H36N2O5. The Morgan fingerprint density at radius 2 is 1.54 bits per heavy atom. The monoisotopic (exact) mass is 396 g/mol. The van der Waals surface area contributed by atoms with Gasteiger partial charge in [0.05, 0.1) is 5.92 Å². The van der Waals surface area contributed by atoms with Crippen LogP contribution < -0.4 is 5.32 Å². The van der Waals surface area contributed by atoms with Gasteiger partial charge in [0.15, 0.2) is 6.10 Å². The van der Waals surface area contributed by atoms with Gasteiger partial charge < -0.3 is 19.7 Å². The number of amides is 2. The van der Waals surface area contributed by atoms with E-state index in [0.29, 0.717) is 25.9 Å². The zero-order valence-corrected chi connectivity index (χ0v) is 17.8. The lowest BCUT2D eigenvalue weighted by Gasteiger charge is -2.33. The van der Waals surface area contributed by atoms with Crippen LogP contribution in [-0.4, -0.2) is 53.7 Å². The second-order valence-electron chi connectivity index (χ2n) is 9.02. The number of esters is 1. The Morgan fingerprint density at radius 1 is 0.964 bits per heavy atom. The van der Waals surface area contributed by atoms with Gasteiger partial charge in [-0.15, -0.1) is 0 Å². The third-order valence-corrected chi connectivity index (χ3v) is 5.34. The molecule has 0 aromatic rings. The quantitative estimate of drug-likeness (QED) is 0.581. The van der Waals surface area contributed by atoms with E-state index in [1.807, 2.05) is 20.8 Å². The first-order valence-corrected chi connectivity index (χ1v) is 10.6. The second-order valence-corrected chi connectivity index (χ2v) is 9.02. The van der Waals surface area contributed by atoms with Crippen LogP contribution in [0, 0.1) is 5.92 Å². The molecule has 1 saturated heterocycles. The van der Waals surface area contributed by atoms with Gasteiger partial charge in [-0.05, 0) is 53.4 Å². The Morgan fingerprint density at radius 3 is 2.07 bits per heavy atom.